The summed E-state index contributed by atoms with van der Waals surface area (Å²) in [6.07, 6.45) is 0.0474. The van der Waals surface area contributed by atoms with E-state index in [4.69, 9.17) is 4.74 Å². The Morgan fingerprint density at radius 2 is 2.36 bits per heavy atom. The van der Waals surface area contributed by atoms with Gasteiger partial charge in [0.25, 0.3) is 0 Å². The van der Waals surface area contributed by atoms with Crippen molar-refractivity contribution in [3.63, 3.8) is 0 Å². The second-order valence-corrected chi connectivity index (χ2v) is 2.80. The number of phenolic OH excluding ortho intramolecular Hbond substituents is 1. The molecule has 0 fully saturated rings. The lowest BCUT2D eigenvalue weighted by Crippen LogP contribution is -1.87. The van der Waals surface area contributed by atoms with Crippen LogP contribution in [-0.4, -0.2) is 5.11 Å². The third kappa shape index (κ3) is 0.906. The highest BCUT2D eigenvalue weighted by atomic mass is 16.5. The predicted octanol–water partition coefficient (Wildman–Crippen LogP) is 1.98. The molecule has 2 heteroatoms. The van der Waals surface area contributed by atoms with Gasteiger partial charge in [0, 0.05) is 5.56 Å². The number of hydrogen-bond acceptors (Lipinski definition) is 2. The molecule has 1 atom stereocenters. The van der Waals surface area contributed by atoms with Gasteiger partial charge in [-0.05, 0) is 18.6 Å². The van der Waals surface area contributed by atoms with Crippen LogP contribution in [0.4, 0.5) is 0 Å². The maximum atomic E-state index is 9.42. The lowest BCUT2D eigenvalue weighted by Gasteiger charge is -2.04. The lowest BCUT2D eigenvalue weighted by molar-refractivity contribution is 0.0786. The van der Waals surface area contributed by atoms with Crippen LogP contribution in [0.2, 0.25) is 0 Å². The molecule has 2 rings (SSSR count). The number of ether oxygens (including phenoxy) is 1. The van der Waals surface area contributed by atoms with Gasteiger partial charge in [-0.3, -0.25) is 0 Å². The van der Waals surface area contributed by atoms with Crippen LogP contribution in [0.15, 0.2) is 18.2 Å². The standard InChI is InChI=1S/C9H10O2/c1-6-9-7(5-11-6)3-2-4-8(9)10/h2-4,6,10H,5H2,1H3. The molecule has 1 aliphatic rings. The first-order valence-electron chi connectivity index (χ1n) is 3.71. The van der Waals surface area contributed by atoms with Crippen molar-refractivity contribution in [1.82, 2.24) is 0 Å². The first kappa shape index (κ1) is 6.68. The van der Waals surface area contributed by atoms with Crippen LogP contribution in [-0.2, 0) is 11.3 Å². The van der Waals surface area contributed by atoms with Gasteiger partial charge in [-0.15, -0.1) is 0 Å². The Bertz CT molecular complexity index is 281. The van der Waals surface area contributed by atoms with Crippen LogP contribution >= 0.6 is 0 Å². The summed E-state index contributed by atoms with van der Waals surface area (Å²) < 4.78 is 5.34. The Morgan fingerprint density at radius 3 is 3.09 bits per heavy atom. The molecule has 0 saturated carbocycles. The van der Waals surface area contributed by atoms with E-state index in [1.165, 1.54) is 0 Å². The summed E-state index contributed by atoms with van der Waals surface area (Å²) in [6, 6.07) is 5.53. The molecule has 0 radical (unpaired) electrons. The van der Waals surface area contributed by atoms with Crippen LogP contribution in [0, 0.1) is 0 Å². The number of phenols is 1. The van der Waals surface area contributed by atoms with E-state index in [0.29, 0.717) is 12.4 Å². The van der Waals surface area contributed by atoms with Gasteiger partial charge in [0.1, 0.15) is 5.75 Å². The van der Waals surface area contributed by atoms with Gasteiger partial charge in [-0.2, -0.15) is 0 Å². The van der Waals surface area contributed by atoms with Crippen molar-refractivity contribution < 1.29 is 9.84 Å². The average Bonchev–Trinajstić information content (AvgIpc) is 2.34. The molecule has 1 unspecified atom stereocenters. The Hall–Kier alpha value is -1.02. The Labute approximate surface area is 65.4 Å². The highest BCUT2D eigenvalue weighted by Crippen LogP contribution is 2.35. The van der Waals surface area contributed by atoms with Gasteiger partial charge >= 0.3 is 0 Å². The molecule has 0 saturated heterocycles. The third-order valence-electron chi connectivity index (χ3n) is 2.07. The van der Waals surface area contributed by atoms with Crippen molar-refractivity contribution in [3.8, 4) is 5.75 Å². The molecule has 1 aromatic carbocycles. The minimum atomic E-state index is 0.0474. The van der Waals surface area contributed by atoms with E-state index in [-0.39, 0.29) is 6.10 Å². The van der Waals surface area contributed by atoms with E-state index in [0.717, 1.165) is 11.1 Å². The third-order valence-corrected chi connectivity index (χ3v) is 2.07. The molecule has 0 bridgehead atoms. The van der Waals surface area contributed by atoms with Crippen LogP contribution < -0.4 is 0 Å². The van der Waals surface area contributed by atoms with Crippen LogP contribution in [0.25, 0.3) is 0 Å². The number of rotatable bonds is 0. The molecular weight excluding hydrogens is 140 g/mol. The van der Waals surface area contributed by atoms with Gasteiger partial charge in [-0.1, -0.05) is 12.1 Å². The van der Waals surface area contributed by atoms with Crippen molar-refractivity contribution in [3.05, 3.63) is 29.3 Å². The predicted molar refractivity (Wildman–Crippen MR) is 41.3 cm³/mol. The van der Waals surface area contributed by atoms with Crippen LogP contribution in [0.3, 0.4) is 0 Å². The summed E-state index contributed by atoms with van der Waals surface area (Å²) in [5.74, 6) is 0.354. The smallest absolute Gasteiger partial charge is 0.121 e. The fourth-order valence-corrected chi connectivity index (χ4v) is 1.49. The molecule has 0 aromatic heterocycles. The van der Waals surface area contributed by atoms with Gasteiger partial charge < -0.3 is 9.84 Å². The molecule has 1 N–H and O–H groups in total. The Morgan fingerprint density at radius 1 is 1.55 bits per heavy atom. The van der Waals surface area contributed by atoms with Gasteiger partial charge in [-0.25, -0.2) is 0 Å². The minimum Gasteiger partial charge on any atom is -0.508 e. The molecule has 0 amide bonds. The van der Waals surface area contributed by atoms with Gasteiger partial charge in [0.15, 0.2) is 0 Å². The van der Waals surface area contributed by atoms with E-state index in [9.17, 15) is 5.11 Å². The largest absolute Gasteiger partial charge is 0.508 e. The number of fused-ring (bicyclic) bond motifs is 1. The first-order chi connectivity index (χ1) is 5.29. The summed E-state index contributed by atoms with van der Waals surface area (Å²) in [5, 5.41) is 9.42. The topological polar surface area (TPSA) is 29.5 Å². The monoisotopic (exact) mass is 150 g/mol. The van der Waals surface area contributed by atoms with Crippen LogP contribution in [0.1, 0.15) is 24.2 Å². The summed E-state index contributed by atoms with van der Waals surface area (Å²) >= 11 is 0. The van der Waals surface area contributed by atoms with Crippen molar-refractivity contribution in [2.45, 2.75) is 19.6 Å². The normalized spacial score (nSPS) is 21.7. The molecular formula is C9H10O2. The second kappa shape index (κ2) is 2.24. The quantitative estimate of drug-likeness (QED) is 0.612. The average molecular weight is 150 g/mol. The Balaban J connectivity index is 2.58. The minimum absolute atomic E-state index is 0.0474. The zero-order chi connectivity index (χ0) is 7.84. The molecule has 1 aromatic rings. The van der Waals surface area contributed by atoms with E-state index < -0.39 is 0 Å². The molecule has 1 aliphatic heterocycles. The summed E-state index contributed by atoms with van der Waals surface area (Å²) in [6.45, 7) is 2.58. The maximum Gasteiger partial charge on any atom is 0.121 e. The van der Waals surface area contributed by atoms with Gasteiger partial charge in [0.2, 0.25) is 0 Å². The van der Waals surface area contributed by atoms with Crippen molar-refractivity contribution in [1.29, 1.82) is 0 Å². The summed E-state index contributed by atoms with van der Waals surface area (Å²) in [4.78, 5) is 0. The Kier molecular flexibility index (Phi) is 1.36. The highest BCUT2D eigenvalue weighted by Gasteiger charge is 2.21. The molecule has 58 valence electrons. The van der Waals surface area contributed by atoms with E-state index in [2.05, 4.69) is 0 Å². The van der Waals surface area contributed by atoms with Crippen molar-refractivity contribution in [2.24, 2.45) is 0 Å². The van der Waals surface area contributed by atoms with Gasteiger partial charge in [0.05, 0.1) is 12.7 Å². The molecule has 2 nitrogen and oxygen atoms in total. The van der Waals surface area contributed by atoms with Crippen LogP contribution in [0.5, 0.6) is 5.75 Å². The summed E-state index contributed by atoms with van der Waals surface area (Å²) in [5.41, 5.74) is 2.06. The SMILES string of the molecule is CC1OCc2cccc(O)c21. The molecule has 1 heterocycles. The van der Waals surface area contributed by atoms with Crippen molar-refractivity contribution >= 4 is 0 Å². The lowest BCUT2D eigenvalue weighted by atomic mass is 10.1. The second-order valence-electron chi connectivity index (χ2n) is 2.80. The maximum absolute atomic E-state index is 9.42. The fraction of sp³-hybridized carbons (Fsp3) is 0.333. The summed E-state index contributed by atoms with van der Waals surface area (Å²) in [7, 11) is 0. The number of hydrogen-bond donors (Lipinski definition) is 1. The van der Waals surface area contributed by atoms with E-state index in [1.807, 2.05) is 19.1 Å². The zero-order valence-electron chi connectivity index (χ0n) is 6.37. The van der Waals surface area contributed by atoms with E-state index in [1.54, 1.807) is 6.07 Å². The number of benzene rings is 1. The fourth-order valence-electron chi connectivity index (χ4n) is 1.49. The number of aromatic hydroxyl groups is 1. The molecule has 0 aliphatic carbocycles. The molecule has 11 heavy (non-hydrogen) atoms. The molecule has 0 spiro atoms. The highest BCUT2D eigenvalue weighted by molar-refractivity contribution is 5.42. The first-order valence-corrected chi connectivity index (χ1v) is 3.71. The van der Waals surface area contributed by atoms with E-state index >= 15 is 0 Å². The zero-order valence-corrected chi connectivity index (χ0v) is 6.37. The van der Waals surface area contributed by atoms with Crippen molar-refractivity contribution in [2.75, 3.05) is 0 Å².